The smallest absolute Gasteiger partial charge is 0.110 e. The van der Waals surface area contributed by atoms with E-state index in [1.807, 2.05) is 11.4 Å². The van der Waals surface area contributed by atoms with Gasteiger partial charge in [0.15, 0.2) is 0 Å². The molecule has 0 fully saturated rings. The molecule has 0 unspecified atom stereocenters. The summed E-state index contributed by atoms with van der Waals surface area (Å²) < 4.78 is 0. The molecule has 0 aliphatic rings. The van der Waals surface area contributed by atoms with Crippen LogP contribution in [-0.2, 0) is 0 Å². The lowest BCUT2D eigenvalue weighted by Crippen LogP contribution is -2.10. The molecule has 4 heteroatoms. The molecule has 0 bridgehead atoms. The zero-order valence-electron chi connectivity index (χ0n) is 6.53. The molecule has 0 saturated heterocycles. The third-order valence-electron chi connectivity index (χ3n) is 1.60. The lowest BCUT2D eigenvalue weighted by Gasteiger charge is -2.05. The van der Waals surface area contributed by atoms with Crippen molar-refractivity contribution < 1.29 is 5.11 Å². The van der Waals surface area contributed by atoms with Crippen LogP contribution in [0.1, 0.15) is 22.9 Å². The molecule has 1 rings (SSSR count). The SMILES string of the molecule is N#Cc1cc([C@@H](N)CCO)cs1. The lowest BCUT2D eigenvalue weighted by atomic mass is 10.1. The van der Waals surface area contributed by atoms with Crippen molar-refractivity contribution in [2.75, 3.05) is 6.61 Å². The summed E-state index contributed by atoms with van der Waals surface area (Å²) in [7, 11) is 0. The summed E-state index contributed by atoms with van der Waals surface area (Å²) in [6, 6.07) is 3.67. The van der Waals surface area contributed by atoms with Crippen LogP contribution in [0.5, 0.6) is 0 Å². The summed E-state index contributed by atoms with van der Waals surface area (Å²) >= 11 is 1.38. The van der Waals surface area contributed by atoms with E-state index in [0.717, 1.165) is 5.56 Å². The topological polar surface area (TPSA) is 70.0 Å². The Morgan fingerprint density at radius 2 is 2.50 bits per heavy atom. The minimum Gasteiger partial charge on any atom is -0.396 e. The fourth-order valence-electron chi connectivity index (χ4n) is 0.910. The van der Waals surface area contributed by atoms with Crippen LogP contribution in [0.25, 0.3) is 0 Å². The van der Waals surface area contributed by atoms with E-state index in [1.165, 1.54) is 11.3 Å². The van der Waals surface area contributed by atoms with Crippen molar-refractivity contribution in [2.45, 2.75) is 12.5 Å². The van der Waals surface area contributed by atoms with Crippen LogP contribution < -0.4 is 5.73 Å². The van der Waals surface area contributed by atoms with Crippen molar-refractivity contribution in [3.8, 4) is 6.07 Å². The molecule has 12 heavy (non-hydrogen) atoms. The number of nitriles is 1. The predicted octanol–water partition coefficient (Wildman–Crippen LogP) is 1.00. The maximum absolute atomic E-state index is 8.62. The van der Waals surface area contributed by atoms with Gasteiger partial charge in [-0.15, -0.1) is 11.3 Å². The summed E-state index contributed by atoms with van der Waals surface area (Å²) in [5.74, 6) is 0. The molecule has 1 atom stereocenters. The zero-order valence-corrected chi connectivity index (χ0v) is 7.34. The minimum absolute atomic E-state index is 0.0822. The highest BCUT2D eigenvalue weighted by atomic mass is 32.1. The molecular weight excluding hydrogens is 172 g/mol. The number of aliphatic hydroxyl groups excluding tert-OH is 1. The fraction of sp³-hybridized carbons (Fsp3) is 0.375. The molecule has 1 heterocycles. The number of nitrogens with two attached hydrogens (primary N) is 1. The van der Waals surface area contributed by atoms with Crippen molar-refractivity contribution in [3.63, 3.8) is 0 Å². The van der Waals surface area contributed by atoms with Gasteiger partial charge in [0.2, 0.25) is 0 Å². The number of hydrogen-bond acceptors (Lipinski definition) is 4. The van der Waals surface area contributed by atoms with Crippen LogP contribution in [0.4, 0.5) is 0 Å². The van der Waals surface area contributed by atoms with E-state index in [1.54, 1.807) is 6.07 Å². The van der Waals surface area contributed by atoms with Gasteiger partial charge in [-0.25, -0.2) is 0 Å². The summed E-state index contributed by atoms with van der Waals surface area (Å²) in [5, 5.41) is 19.0. The van der Waals surface area contributed by atoms with Gasteiger partial charge in [0.05, 0.1) is 0 Å². The van der Waals surface area contributed by atoms with E-state index < -0.39 is 0 Å². The Hall–Kier alpha value is -0.890. The van der Waals surface area contributed by atoms with Crippen LogP contribution in [0.2, 0.25) is 0 Å². The van der Waals surface area contributed by atoms with Crippen molar-refractivity contribution in [1.82, 2.24) is 0 Å². The Morgan fingerprint density at radius 3 is 3.00 bits per heavy atom. The number of rotatable bonds is 3. The van der Waals surface area contributed by atoms with Gasteiger partial charge in [-0.1, -0.05) is 0 Å². The van der Waals surface area contributed by atoms with Gasteiger partial charge in [0.25, 0.3) is 0 Å². The predicted molar refractivity (Wildman–Crippen MR) is 47.7 cm³/mol. The Labute approximate surface area is 75.1 Å². The van der Waals surface area contributed by atoms with E-state index in [-0.39, 0.29) is 12.6 Å². The second-order valence-corrected chi connectivity index (χ2v) is 3.39. The molecule has 0 saturated carbocycles. The van der Waals surface area contributed by atoms with Gasteiger partial charge in [-0.3, -0.25) is 0 Å². The Bertz CT molecular complexity index is 289. The second kappa shape index (κ2) is 4.21. The first kappa shape index (κ1) is 9.20. The maximum Gasteiger partial charge on any atom is 0.110 e. The number of thiophene rings is 1. The van der Waals surface area contributed by atoms with Crippen molar-refractivity contribution >= 4 is 11.3 Å². The highest BCUT2D eigenvalue weighted by molar-refractivity contribution is 7.10. The molecule has 0 amide bonds. The first-order valence-electron chi connectivity index (χ1n) is 3.63. The van der Waals surface area contributed by atoms with Crippen LogP contribution in [-0.4, -0.2) is 11.7 Å². The van der Waals surface area contributed by atoms with Crippen molar-refractivity contribution in [2.24, 2.45) is 5.73 Å². The van der Waals surface area contributed by atoms with E-state index in [2.05, 4.69) is 0 Å². The first-order chi connectivity index (χ1) is 5.77. The molecule has 0 spiro atoms. The number of hydrogen-bond donors (Lipinski definition) is 2. The van der Waals surface area contributed by atoms with Gasteiger partial charge >= 0.3 is 0 Å². The number of nitrogens with zero attached hydrogens (tertiary/aromatic N) is 1. The van der Waals surface area contributed by atoms with Crippen molar-refractivity contribution in [3.05, 3.63) is 21.9 Å². The van der Waals surface area contributed by atoms with Gasteiger partial charge in [0, 0.05) is 12.6 Å². The molecule has 0 aromatic carbocycles. The molecule has 3 N–H and O–H groups in total. The zero-order chi connectivity index (χ0) is 8.97. The average Bonchev–Trinajstić information content (AvgIpc) is 2.52. The highest BCUT2D eigenvalue weighted by Crippen LogP contribution is 2.20. The molecule has 1 aromatic rings. The first-order valence-corrected chi connectivity index (χ1v) is 4.51. The number of aliphatic hydroxyl groups is 1. The van der Waals surface area contributed by atoms with E-state index in [9.17, 15) is 0 Å². The normalized spacial score (nSPS) is 12.4. The van der Waals surface area contributed by atoms with Gasteiger partial charge in [-0.2, -0.15) is 5.26 Å². The summed E-state index contributed by atoms with van der Waals surface area (Å²) in [6.45, 7) is 0.0822. The lowest BCUT2D eigenvalue weighted by molar-refractivity contribution is 0.276. The molecule has 1 aromatic heterocycles. The molecular formula is C8H10N2OS. The van der Waals surface area contributed by atoms with E-state index >= 15 is 0 Å². The third-order valence-corrected chi connectivity index (χ3v) is 2.45. The summed E-state index contributed by atoms with van der Waals surface area (Å²) in [4.78, 5) is 0.665. The van der Waals surface area contributed by atoms with Crippen LogP contribution in [0, 0.1) is 11.3 Å². The standard InChI is InChI=1S/C8H10N2OS/c9-4-7-3-6(5-12-7)8(10)1-2-11/h3,5,8,11H,1-2,10H2/t8-/m0/s1. The van der Waals surface area contributed by atoms with Crippen molar-refractivity contribution in [1.29, 1.82) is 5.26 Å². The van der Waals surface area contributed by atoms with Crippen LogP contribution in [0.15, 0.2) is 11.4 Å². The molecule has 3 nitrogen and oxygen atoms in total. The molecule has 0 radical (unpaired) electrons. The van der Waals surface area contributed by atoms with Crippen LogP contribution >= 0.6 is 11.3 Å². The Balaban J connectivity index is 2.69. The highest BCUT2D eigenvalue weighted by Gasteiger charge is 2.07. The molecule has 64 valence electrons. The van der Waals surface area contributed by atoms with Gasteiger partial charge in [-0.05, 0) is 23.4 Å². The van der Waals surface area contributed by atoms with E-state index in [0.29, 0.717) is 11.3 Å². The Morgan fingerprint density at radius 1 is 1.75 bits per heavy atom. The second-order valence-electron chi connectivity index (χ2n) is 2.47. The molecule has 0 aliphatic heterocycles. The Kier molecular flexibility index (Phi) is 3.23. The summed E-state index contributed by atoms with van der Waals surface area (Å²) in [6.07, 6.45) is 0.543. The van der Waals surface area contributed by atoms with E-state index in [4.69, 9.17) is 16.1 Å². The van der Waals surface area contributed by atoms with Gasteiger partial charge < -0.3 is 10.8 Å². The maximum atomic E-state index is 8.62. The molecule has 0 aliphatic carbocycles. The van der Waals surface area contributed by atoms with Gasteiger partial charge in [0.1, 0.15) is 10.9 Å². The minimum atomic E-state index is -0.145. The van der Waals surface area contributed by atoms with Crippen LogP contribution in [0.3, 0.4) is 0 Å². The average molecular weight is 182 g/mol. The summed E-state index contributed by atoms with van der Waals surface area (Å²) in [5.41, 5.74) is 6.65. The third kappa shape index (κ3) is 2.05. The largest absolute Gasteiger partial charge is 0.396 e. The monoisotopic (exact) mass is 182 g/mol. The fourth-order valence-corrected chi connectivity index (χ4v) is 1.67. The quantitative estimate of drug-likeness (QED) is 0.732.